The summed E-state index contributed by atoms with van der Waals surface area (Å²) in [6.45, 7) is 7.18. The molecule has 29 heavy (non-hydrogen) atoms. The highest BCUT2D eigenvalue weighted by atomic mass is 16.6. The Morgan fingerprint density at radius 3 is 2.45 bits per heavy atom. The fraction of sp³-hybridized carbons (Fsp3) is 0.292. The summed E-state index contributed by atoms with van der Waals surface area (Å²) in [5, 5.41) is 0. The number of pyridine rings is 1. The van der Waals surface area contributed by atoms with Crippen molar-refractivity contribution in [3.8, 4) is 0 Å². The van der Waals surface area contributed by atoms with Crippen molar-refractivity contribution >= 4 is 24.1 Å². The van der Waals surface area contributed by atoms with Crippen LogP contribution >= 0.6 is 0 Å². The summed E-state index contributed by atoms with van der Waals surface area (Å²) in [6.07, 6.45) is 9.12. The molecule has 0 spiro atoms. The normalized spacial score (nSPS) is 12.1. The van der Waals surface area contributed by atoms with E-state index in [1.54, 1.807) is 25.3 Å². The molecule has 0 radical (unpaired) electrons. The topological polar surface area (TPSA) is 65.5 Å². The first-order valence-corrected chi connectivity index (χ1v) is 9.37. The molecule has 0 saturated heterocycles. The van der Waals surface area contributed by atoms with Gasteiger partial charge in [-0.1, -0.05) is 18.2 Å². The van der Waals surface area contributed by atoms with E-state index in [9.17, 15) is 9.59 Å². The van der Waals surface area contributed by atoms with Gasteiger partial charge in [0, 0.05) is 24.0 Å². The van der Waals surface area contributed by atoms with E-state index in [0.717, 1.165) is 22.3 Å². The van der Waals surface area contributed by atoms with E-state index >= 15 is 0 Å². The van der Waals surface area contributed by atoms with Crippen molar-refractivity contribution in [2.45, 2.75) is 39.7 Å². The van der Waals surface area contributed by atoms with Crippen LogP contribution in [0.1, 0.15) is 49.9 Å². The number of ether oxygens (including phenoxy) is 2. The molecule has 0 amide bonds. The van der Waals surface area contributed by atoms with Crippen molar-refractivity contribution < 1.29 is 19.1 Å². The molecule has 0 unspecified atom stereocenters. The number of hydrogen-bond donors (Lipinski definition) is 0. The van der Waals surface area contributed by atoms with Gasteiger partial charge in [0.25, 0.3) is 0 Å². The summed E-state index contributed by atoms with van der Waals surface area (Å²) in [5.41, 5.74) is 3.73. The van der Waals surface area contributed by atoms with Gasteiger partial charge >= 0.3 is 11.9 Å². The molecular formula is C24H27NO4. The van der Waals surface area contributed by atoms with Crippen LogP contribution in [0.3, 0.4) is 0 Å². The van der Waals surface area contributed by atoms with Crippen LogP contribution in [0.2, 0.25) is 0 Å². The van der Waals surface area contributed by atoms with Crippen molar-refractivity contribution in [2.75, 3.05) is 7.11 Å². The minimum absolute atomic E-state index is 0.381. The lowest BCUT2D eigenvalue weighted by molar-refractivity contribution is -0.148. The number of methoxy groups -OCH3 is 1. The van der Waals surface area contributed by atoms with Gasteiger partial charge in [-0.3, -0.25) is 4.98 Å². The van der Waals surface area contributed by atoms with Gasteiger partial charge in [-0.25, -0.2) is 9.59 Å². The standard InChI is InChI=1S/C24H27NO4/c1-17(23(27)28-5)11-20-12-18(8-9-22(26)29-24(2,3)4)13-21(15-20)14-19-7-6-10-25-16-19/h6-13,15-16H,14H2,1-5H3/b9-8+,17-11+. The molecule has 0 saturated carbocycles. The molecule has 2 aromatic rings. The summed E-state index contributed by atoms with van der Waals surface area (Å²) in [7, 11) is 1.35. The lowest BCUT2D eigenvalue weighted by atomic mass is 9.99. The minimum Gasteiger partial charge on any atom is -0.466 e. The Balaban J connectivity index is 2.36. The minimum atomic E-state index is -0.547. The number of esters is 2. The van der Waals surface area contributed by atoms with Crippen molar-refractivity contribution in [3.05, 3.63) is 76.6 Å². The Labute approximate surface area is 172 Å². The van der Waals surface area contributed by atoms with Gasteiger partial charge in [-0.2, -0.15) is 0 Å². The van der Waals surface area contributed by atoms with Gasteiger partial charge in [-0.05, 0) is 80.7 Å². The Morgan fingerprint density at radius 1 is 1.10 bits per heavy atom. The highest BCUT2D eigenvalue weighted by Gasteiger charge is 2.14. The first-order valence-electron chi connectivity index (χ1n) is 9.37. The lowest BCUT2D eigenvalue weighted by Crippen LogP contribution is -2.22. The molecule has 0 N–H and O–H groups in total. The zero-order chi connectivity index (χ0) is 21.4. The molecular weight excluding hydrogens is 366 g/mol. The summed E-state index contributed by atoms with van der Waals surface area (Å²) in [4.78, 5) is 27.9. The maximum atomic E-state index is 12.0. The van der Waals surface area contributed by atoms with Crippen molar-refractivity contribution in [1.29, 1.82) is 0 Å². The number of carbonyl (C=O) groups is 2. The highest BCUT2D eigenvalue weighted by Crippen LogP contribution is 2.19. The maximum Gasteiger partial charge on any atom is 0.333 e. The molecule has 1 aromatic heterocycles. The van der Waals surface area contributed by atoms with Crippen LogP contribution in [0.5, 0.6) is 0 Å². The van der Waals surface area contributed by atoms with E-state index in [2.05, 4.69) is 4.98 Å². The molecule has 0 aliphatic rings. The largest absolute Gasteiger partial charge is 0.466 e. The monoisotopic (exact) mass is 393 g/mol. The van der Waals surface area contributed by atoms with Crippen molar-refractivity contribution in [2.24, 2.45) is 0 Å². The average molecular weight is 393 g/mol. The van der Waals surface area contributed by atoms with Crippen LogP contribution in [-0.4, -0.2) is 29.6 Å². The van der Waals surface area contributed by atoms with E-state index in [0.29, 0.717) is 12.0 Å². The van der Waals surface area contributed by atoms with Gasteiger partial charge in [0.15, 0.2) is 0 Å². The van der Waals surface area contributed by atoms with Crippen molar-refractivity contribution in [3.63, 3.8) is 0 Å². The van der Waals surface area contributed by atoms with Gasteiger partial charge in [0.2, 0.25) is 0 Å². The molecule has 1 heterocycles. The molecule has 0 aliphatic heterocycles. The molecule has 2 rings (SSSR count). The first-order chi connectivity index (χ1) is 13.7. The van der Waals surface area contributed by atoms with Gasteiger partial charge < -0.3 is 9.47 Å². The quantitative estimate of drug-likeness (QED) is 0.530. The predicted molar refractivity (Wildman–Crippen MR) is 114 cm³/mol. The number of carbonyl (C=O) groups excluding carboxylic acids is 2. The number of aromatic nitrogens is 1. The zero-order valence-corrected chi connectivity index (χ0v) is 17.6. The first kappa shape index (κ1) is 22.1. The number of nitrogens with zero attached hydrogens (tertiary/aromatic N) is 1. The van der Waals surface area contributed by atoms with E-state index in [-0.39, 0.29) is 5.97 Å². The third kappa shape index (κ3) is 7.74. The molecule has 0 fully saturated rings. The molecule has 152 valence electrons. The third-order valence-electron chi connectivity index (χ3n) is 3.88. The fourth-order valence-corrected chi connectivity index (χ4v) is 2.74. The van der Waals surface area contributed by atoms with Crippen LogP contribution < -0.4 is 0 Å². The molecule has 5 heteroatoms. The average Bonchev–Trinajstić information content (AvgIpc) is 2.65. The molecule has 5 nitrogen and oxygen atoms in total. The lowest BCUT2D eigenvalue weighted by Gasteiger charge is -2.17. The van der Waals surface area contributed by atoms with Crippen LogP contribution in [0, 0.1) is 0 Å². The second-order valence-corrected chi connectivity index (χ2v) is 7.73. The second kappa shape index (κ2) is 9.82. The van der Waals surface area contributed by atoms with Crippen LogP contribution in [0.4, 0.5) is 0 Å². The maximum absolute atomic E-state index is 12.0. The number of hydrogen-bond acceptors (Lipinski definition) is 5. The van der Waals surface area contributed by atoms with E-state index in [1.807, 2.05) is 57.3 Å². The summed E-state index contributed by atoms with van der Waals surface area (Å²) >= 11 is 0. The van der Waals surface area contributed by atoms with Crippen LogP contribution in [-0.2, 0) is 25.5 Å². The van der Waals surface area contributed by atoms with Crippen LogP contribution in [0.15, 0.2) is 54.4 Å². The van der Waals surface area contributed by atoms with Crippen molar-refractivity contribution in [1.82, 2.24) is 4.98 Å². The Hall–Kier alpha value is -3.21. The Bertz CT molecular complexity index is 922. The zero-order valence-electron chi connectivity index (χ0n) is 17.6. The predicted octanol–water partition coefficient (Wildman–Crippen LogP) is 4.60. The number of benzene rings is 1. The molecule has 0 bridgehead atoms. The molecule has 1 aromatic carbocycles. The number of rotatable bonds is 6. The van der Waals surface area contributed by atoms with Gasteiger partial charge in [0.05, 0.1) is 7.11 Å². The smallest absolute Gasteiger partial charge is 0.333 e. The summed E-state index contributed by atoms with van der Waals surface area (Å²) in [5.74, 6) is -0.786. The summed E-state index contributed by atoms with van der Waals surface area (Å²) < 4.78 is 10.1. The fourth-order valence-electron chi connectivity index (χ4n) is 2.74. The Morgan fingerprint density at radius 2 is 1.83 bits per heavy atom. The third-order valence-corrected chi connectivity index (χ3v) is 3.88. The summed E-state index contributed by atoms with van der Waals surface area (Å²) in [6, 6.07) is 9.80. The van der Waals surface area contributed by atoms with Gasteiger partial charge in [-0.15, -0.1) is 0 Å². The van der Waals surface area contributed by atoms with Crippen LogP contribution in [0.25, 0.3) is 12.2 Å². The highest BCUT2D eigenvalue weighted by molar-refractivity contribution is 5.93. The Kier molecular flexibility index (Phi) is 7.48. The molecule has 0 aliphatic carbocycles. The SMILES string of the molecule is COC(=O)/C(C)=C/c1cc(/C=C/C(=O)OC(C)(C)C)cc(Cc2cccnc2)c1. The molecule has 0 atom stereocenters. The second-order valence-electron chi connectivity index (χ2n) is 7.73. The van der Waals surface area contributed by atoms with E-state index < -0.39 is 11.6 Å². The van der Waals surface area contributed by atoms with E-state index in [1.165, 1.54) is 13.2 Å². The van der Waals surface area contributed by atoms with Gasteiger partial charge in [0.1, 0.15) is 5.60 Å². The van der Waals surface area contributed by atoms with E-state index in [4.69, 9.17) is 9.47 Å².